The minimum atomic E-state index is -1.49. The largest absolute Gasteiger partial charge is 0.465 e. The molecule has 0 aromatic carbocycles. The van der Waals surface area contributed by atoms with Crippen LogP contribution in [0.4, 0.5) is 4.79 Å². The summed E-state index contributed by atoms with van der Waals surface area (Å²) in [6, 6.07) is -1.34. The van der Waals surface area contributed by atoms with Crippen molar-refractivity contribution in [3.05, 3.63) is 0 Å². The molecule has 90 valence electrons. The quantitative estimate of drug-likeness (QED) is 0.331. The van der Waals surface area contributed by atoms with Gasteiger partial charge in [-0.3, -0.25) is 14.4 Å². The van der Waals surface area contributed by atoms with Crippen molar-refractivity contribution in [3.8, 4) is 0 Å². The molecule has 0 fully saturated rings. The molecule has 9 nitrogen and oxygen atoms in total. The maximum Gasteiger partial charge on any atom is 0.405 e. The summed E-state index contributed by atoms with van der Waals surface area (Å²) in [6.07, 6.45) is -1.99. The summed E-state index contributed by atoms with van der Waals surface area (Å²) in [5, 5.41) is 12.2. The van der Waals surface area contributed by atoms with Gasteiger partial charge in [0, 0.05) is 0 Å². The number of rotatable bonds is 6. The number of amides is 4. The Kier molecular flexibility index (Phi) is 5.32. The zero-order chi connectivity index (χ0) is 12.7. The molecule has 0 saturated carbocycles. The zero-order valence-electron chi connectivity index (χ0n) is 8.23. The van der Waals surface area contributed by atoms with Crippen LogP contribution in [-0.4, -0.2) is 41.5 Å². The van der Waals surface area contributed by atoms with E-state index in [1.54, 1.807) is 5.32 Å². The fourth-order valence-corrected chi connectivity index (χ4v) is 0.857. The summed E-state index contributed by atoms with van der Waals surface area (Å²) < 4.78 is 0. The smallest absolute Gasteiger partial charge is 0.405 e. The predicted molar refractivity (Wildman–Crippen MR) is 51.0 cm³/mol. The minimum absolute atomic E-state index is 0.449. The fourth-order valence-electron chi connectivity index (χ4n) is 0.857. The van der Waals surface area contributed by atoms with Crippen LogP contribution in [0.1, 0.15) is 6.42 Å². The lowest BCUT2D eigenvalue weighted by Crippen LogP contribution is -2.49. The molecule has 0 bridgehead atoms. The first-order valence-electron chi connectivity index (χ1n) is 4.16. The van der Waals surface area contributed by atoms with Gasteiger partial charge in [-0.05, 0) is 0 Å². The highest BCUT2D eigenvalue weighted by molar-refractivity contribution is 5.92. The number of carboxylic acid groups (broad SMARTS) is 1. The number of nitrogens with two attached hydrogens (primary N) is 2. The van der Waals surface area contributed by atoms with Crippen molar-refractivity contribution in [1.82, 2.24) is 10.6 Å². The van der Waals surface area contributed by atoms with E-state index in [9.17, 15) is 19.2 Å². The predicted octanol–water partition coefficient (Wildman–Crippen LogP) is -2.90. The van der Waals surface area contributed by atoms with Crippen LogP contribution >= 0.6 is 0 Å². The van der Waals surface area contributed by atoms with Gasteiger partial charge < -0.3 is 27.2 Å². The van der Waals surface area contributed by atoms with Gasteiger partial charge >= 0.3 is 6.09 Å². The van der Waals surface area contributed by atoms with Gasteiger partial charge in [0.05, 0.1) is 13.0 Å². The molecular formula is C7H12N4O5. The Morgan fingerprint density at radius 1 is 1.12 bits per heavy atom. The normalized spacial score (nSPS) is 11.2. The fraction of sp³-hybridized carbons (Fsp3) is 0.429. The molecule has 16 heavy (non-hydrogen) atoms. The van der Waals surface area contributed by atoms with Crippen molar-refractivity contribution >= 4 is 23.8 Å². The van der Waals surface area contributed by atoms with Crippen molar-refractivity contribution in [2.45, 2.75) is 12.5 Å². The van der Waals surface area contributed by atoms with E-state index < -0.39 is 42.8 Å². The third-order valence-electron chi connectivity index (χ3n) is 1.46. The van der Waals surface area contributed by atoms with Crippen molar-refractivity contribution in [3.63, 3.8) is 0 Å². The number of hydrogen-bond donors (Lipinski definition) is 5. The molecule has 1 atom stereocenters. The molecule has 0 aromatic heterocycles. The first-order valence-corrected chi connectivity index (χ1v) is 4.16. The van der Waals surface area contributed by atoms with Crippen LogP contribution < -0.4 is 22.1 Å². The van der Waals surface area contributed by atoms with E-state index in [1.165, 1.54) is 0 Å². The van der Waals surface area contributed by atoms with Crippen molar-refractivity contribution in [2.24, 2.45) is 11.5 Å². The second-order valence-electron chi connectivity index (χ2n) is 2.86. The Labute approximate surface area is 90.1 Å². The topological polar surface area (TPSA) is 165 Å². The molecule has 0 spiro atoms. The van der Waals surface area contributed by atoms with E-state index in [0.717, 1.165) is 0 Å². The SMILES string of the molecule is NC(=O)CNC(=O)[C@H](CC(N)=O)NC(=O)O. The third-order valence-corrected chi connectivity index (χ3v) is 1.46. The van der Waals surface area contributed by atoms with Gasteiger partial charge in [-0.2, -0.15) is 0 Å². The van der Waals surface area contributed by atoms with E-state index in [0.29, 0.717) is 0 Å². The van der Waals surface area contributed by atoms with Crippen molar-refractivity contribution in [2.75, 3.05) is 6.54 Å². The molecule has 4 amide bonds. The molecule has 0 radical (unpaired) electrons. The average Bonchev–Trinajstić information content (AvgIpc) is 2.11. The highest BCUT2D eigenvalue weighted by Gasteiger charge is 2.22. The minimum Gasteiger partial charge on any atom is -0.465 e. The molecule has 0 aliphatic carbocycles. The number of carbonyl (C=O) groups excluding carboxylic acids is 3. The monoisotopic (exact) mass is 232 g/mol. The first-order chi connectivity index (χ1) is 7.32. The summed E-state index contributed by atoms with van der Waals surface area (Å²) >= 11 is 0. The number of hydrogen-bond acceptors (Lipinski definition) is 4. The molecule has 0 aliphatic rings. The van der Waals surface area contributed by atoms with Crippen molar-refractivity contribution in [1.29, 1.82) is 0 Å². The lowest BCUT2D eigenvalue weighted by molar-refractivity contribution is -0.128. The summed E-state index contributed by atoms with van der Waals surface area (Å²) in [7, 11) is 0. The molecular weight excluding hydrogens is 220 g/mol. The van der Waals surface area contributed by atoms with Crippen LogP contribution in [0.3, 0.4) is 0 Å². The van der Waals surface area contributed by atoms with Crippen LogP contribution in [0, 0.1) is 0 Å². The summed E-state index contributed by atoms with van der Waals surface area (Å²) in [5.41, 5.74) is 9.58. The molecule has 0 aliphatic heterocycles. The van der Waals surface area contributed by atoms with Gasteiger partial charge in [-0.15, -0.1) is 0 Å². The average molecular weight is 232 g/mol. The molecule has 0 heterocycles. The third kappa shape index (κ3) is 6.18. The Morgan fingerprint density at radius 3 is 2.06 bits per heavy atom. The van der Waals surface area contributed by atoms with Crippen molar-refractivity contribution < 1.29 is 24.3 Å². The van der Waals surface area contributed by atoms with E-state index in [1.807, 2.05) is 5.32 Å². The van der Waals surface area contributed by atoms with E-state index >= 15 is 0 Å². The molecule has 9 heteroatoms. The van der Waals surface area contributed by atoms with Crippen LogP contribution in [-0.2, 0) is 14.4 Å². The lowest BCUT2D eigenvalue weighted by Gasteiger charge is -2.14. The Hall–Kier alpha value is -2.32. The summed E-state index contributed by atoms with van der Waals surface area (Å²) in [5.74, 6) is -2.49. The lowest BCUT2D eigenvalue weighted by atomic mass is 10.2. The van der Waals surface area contributed by atoms with Gasteiger partial charge in [0.25, 0.3) is 0 Å². The molecule has 7 N–H and O–H groups in total. The van der Waals surface area contributed by atoms with Crippen LogP contribution in [0.25, 0.3) is 0 Å². The zero-order valence-corrected chi connectivity index (χ0v) is 8.23. The highest BCUT2D eigenvalue weighted by atomic mass is 16.4. The second-order valence-corrected chi connectivity index (χ2v) is 2.86. The standard InChI is InChI=1S/C7H12N4O5/c8-4(12)1-3(11-7(15)16)6(14)10-2-5(9)13/h3,11H,1-2H2,(H2,8,12)(H2,9,13)(H,10,14)(H,15,16)/t3-/m0/s1. The van der Waals surface area contributed by atoms with Crippen LogP contribution in [0.5, 0.6) is 0 Å². The Bertz CT molecular complexity index is 300. The maximum absolute atomic E-state index is 11.3. The van der Waals surface area contributed by atoms with Crippen LogP contribution in [0.2, 0.25) is 0 Å². The van der Waals surface area contributed by atoms with Gasteiger partial charge in [0.2, 0.25) is 17.7 Å². The summed E-state index contributed by atoms with van der Waals surface area (Å²) in [4.78, 5) is 42.5. The molecule has 0 saturated heterocycles. The summed E-state index contributed by atoms with van der Waals surface area (Å²) in [6.45, 7) is -0.449. The maximum atomic E-state index is 11.3. The second kappa shape index (κ2) is 6.22. The van der Waals surface area contributed by atoms with Gasteiger partial charge in [-0.1, -0.05) is 0 Å². The van der Waals surface area contributed by atoms with E-state index in [4.69, 9.17) is 16.6 Å². The number of primary amides is 2. The molecule has 0 rings (SSSR count). The molecule has 0 aromatic rings. The van der Waals surface area contributed by atoms with E-state index in [-0.39, 0.29) is 0 Å². The van der Waals surface area contributed by atoms with Gasteiger partial charge in [-0.25, -0.2) is 4.79 Å². The number of carbonyl (C=O) groups is 4. The Morgan fingerprint density at radius 2 is 1.69 bits per heavy atom. The number of nitrogens with one attached hydrogen (secondary N) is 2. The van der Waals surface area contributed by atoms with E-state index in [2.05, 4.69) is 0 Å². The van der Waals surface area contributed by atoms with Gasteiger partial charge in [0.15, 0.2) is 0 Å². The van der Waals surface area contributed by atoms with Gasteiger partial charge in [0.1, 0.15) is 6.04 Å². The van der Waals surface area contributed by atoms with Crippen LogP contribution in [0.15, 0.2) is 0 Å². The first kappa shape index (κ1) is 13.7. The molecule has 0 unspecified atom stereocenters. The Balaban J connectivity index is 4.36. The highest BCUT2D eigenvalue weighted by Crippen LogP contribution is 1.91.